The number of nitrogens with zero attached hydrogens (tertiary/aromatic N) is 1. The maximum Gasteiger partial charge on any atom is 0.352 e. The normalized spacial score (nSPS) is 19.0. The highest BCUT2D eigenvalue weighted by Gasteiger charge is 2.53. The topological polar surface area (TPSA) is 126 Å². The van der Waals surface area contributed by atoms with E-state index in [-0.39, 0.29) is 24.6 Å². The Morgan fingerprint density at radius 1 is 1.14 bits per heavy atom. The van der Waals surface area contributed by atoms with Gasteiger partial charge in [-0.15, -0.1) is 11.8 Å². The summed E-state index contributed by atoms with van der Waals surface area (Å²) in [5, 5.41) is 12.9. The number of carboxylic acids is 1. The zero-order chi connectivity index (χ0) is 25.9. The molecule has 3 heterocycles. The molecule has 1 aromatic heterocycles. The number of benzene rings is 2. The number of carbonyl (C=O) groups is 3. The number of hydrogen-bond donors (Lipinski definition) is 2. The second kappa shape index (κ2) is 10.4. The van der Waals surface area contributed by atoms with Gasteiger partial charge < -0.3 is 19.6 Å². The van der Waals surface area contributed by atoms with E-state index in [4.69, 9.17) is 9.15 Å². The molecule has 1 saturated heterocycles. The Kier molecular flexibility index (Phi) is 6.82. The molecule has 0 aliphatic carbocycles. The largest absolute Gasteiger partial charge is 0.489 e. The van der Waals surface area contributed by atoms with Crippen LogP contribution in [0.4, 0.5) is 0 Å². The number of rotatable bonds is 8. The van der Waals surface area contributed by atoms with Crippen LogP contribution in [-0.4, -0.2) is 51.6 Å². The number of thioether (sulfide) groups is 1. The van der Waals surface area contributed by atoms with Crippen molar-refractivity contribution < 1.29 is 28.6 Å². The van der Waals surface area contributed by atoms with Crippen LogP contribution < -0.4 is 15.7 Å². The maximum absolute atomic E-state index is 12.8. The summed E-state index contributed by atoms with van der Waals surface area (Å²) >= 11 is 1.39. The predicted molar refractivity (Wildman–Crippen MR) is 137 cm³/mol. The Labute approximate surface area is 215 Å². The molecule has 2 amide bonds. The van der Waals surface area contributed by atoms with Crippen molar-refractivity contribution in [2.24, 2.45) is 0 Å². The van der Waals surface area contributed by atoms with Gasteiger partial charge in [0, 0.05) is 23.3 Å². The smallest absolute Gasteiger partial charge is 0.352 e. The van der Waals surface area contributed by atoms with Crippen molar-refractivity contribution in [2.75, 3.05) is 12.4 Å². The monoisotopic (exact) mass is 518 g/mol. The van der Waals surface area contributed by atoms with Crippen molar-refractivity contribution in [2.45, 2.75) is 17.8 Å². The van der Waals surface area contributed by atoms with Gasteiger partial charge in [-0.1, -0.05) is 36.4 Å². The average molecular weight is 519 g/mol. The summed E-state index contributed by atoms with van der Waals surface area (Å²) in [6.45, 7) is 0.138. The molecule has 2 atom stereocenters. The minimum Gasteiger partial charge on any atom is -0.489 e. The number of fused-ring (bicyclic) bond motifs is 2. The second-order valence-corrected chi connectivity index (χ2v) is 9.57. The second-order valence-electron chi connectivity index (χ2n) is 8.46. The Hall–Kier alpha value is -4.31. The number of amides is 2. The van der Waals surface area contributed by atoms with Crippen LogP contribution in [0, 0.1) is 0 Å². The van der Waals surface area contributed by atoms with E-state index in [0.29, 0.717) is 22.7 Å². The molecule has 0 saturated carbocycles. The molecule has 1 fully saturated rings. The zero-order valence-electron chi connectivity index (χ0n) is 19.5. The van der Waals surface area contributed by atoms with E-state index in [1.54, 1.807) is 36.4 Å². The van der Waals surface area contributed by atoms with Crippen LogP contribution in [0.3, 0.4) is 0 Å². The molecule has 37 heavy (non-hydrogen) atoms. The number of aliphatic carboxylic acids is 1. The lowest BCUT2D eigenvalue weighted by Crippen LogP contribution is -2.70. The number of carbonyl (C=O) groups excluding carboxylic acids is 2. The highest BCUT2D eigenvalue weighted by atomic mass is 32.2. The number of ether oxygens (including phenoxy) is 1. The van der Waals surface area contributed by atoms with Gasteiger partial charge in [-0.05, 0) is 35.4 Å². The molecule has 2 aliphatic heterocycles. The van der Waals surface area contributed by atoms with E-state index in [0.717, 1.165) is 10.9 Å². The quantitative estimate of drug-likeness (QED) is 0.344. The highest BCUT2D eigenvalue weighted by molar-refractivity contribution is 8.00. The van der Waals surface area contributed by atoms with Gasteiger partial charge in [0.05, 0.1) is 6.42 Å². The van der Waals surface area contributed by atoms with E-state index in [1.807, 2.05) is 30.3 Å². The van der Waals surface area contributed by atoms with Gasteiger partial charge in [0.25, 0.3) is 5.91 Å². The van der Waals surface area contributed by atoms with Gasteiger partial charge in [-0.3, -0.25) is 14.5 Å². The fourth-order valence-electron chi connectivity index (χ4n) is 4.24. The summed E-state index contributed by atoms with van der Waals surface area (Å²) in [5.41, 5.74) is 1.16. The summed E-state index contributed by atoms with van der Waals surface area (Å²) in [7, 11) is 0. The first kappa shape index (κ1) is 24.4. The first-order chi connectivity index (χ1) is 17.9. The molecule has 2 N–H and O–H groups in total. The third-order valence-corrected chi connectivity index (χ3v) is 7.29. The average Bonchev–Trinajstić information content (AvgIpc) is 2.89. The van der Waals surface area contributed by atoms with Gasteiger partial charge in [-0.2, -0.15) is 0 Å². The number of nitrogens with one attached hydrogen (secondary N) is 1. The molecule has 0 spiro atoms. The summed E-state index contributed by atoms with van der Waals surface area (Å²) in [4.78, 5) is 49.9. The van der Waals surface area contributed by atoms with Gasteiger partial charge in [0.1, 0.15) is 35.1 Å². The minimum atomic E-state index is -1.21. The van der Waals surface area contributed by atoms with E-state index in [2.05, 4.69) is 5.32 Å². The number of hydrogen-bond acceptors (Lipinski definition) is 7. The Morgan fingerprint density at radius 3 is 2.70 bits per heavy atom. The molecule has 0 radical (unpaired) electrons. The first-order valence-electron chi connectivity index (χ1n) is 11.5. The van der Waals surface area contributed by atoms with Crippen molar-refractivity contribution in [3.05, 3.63) is 100 Å². The fourth-order valence-corrected chi connectivity index (χ4v) is 5.56. The molecule has 0 bridgehead atoms. The third-order valence-electron chi connectivity index (χ3n) is 5.98. The zero-order valence-corrected chi connectivity index (χ0v) is 20.3. The lowest BCUT2D eigenvalue weighted by molar-refractivity contribution is -0.150. The molecule has 2 aromatic carbocycles. The minimum absolute atomic E-state index is 0.0916. The van der Waals surface area contributed by atoms with Gasteiger partial charge in [0.2, 0.25) is 5.91 Å². The van der Waals surface area contributed by atoms with Crippen molar-refractivity contribution in [1.29, 1.82) is 0 Å². The molecule has 10 heteroatoms. The van der Waals surface area contributed by atoms with Crippen LogP contribution in [-0.2, 0) is 20.8 Å². The lowest BCUT2D eigenvalue weighted by atomic mass is 10.0. The van der Waals surface area contributed by atoms with E-state index < -0.39 is 28.9 Å². The molecular weight excluding hydrogens is 496 g/mol. The summed E-state index contributed by atoms with van der Waals surface area (Å²) in [6, 6.07) is 16.5. The lowest BCUT2D eigenvalue weighted by Gasteiger charge is -2.49. The van der Waals surface area contributed by atoms with Crippen LogP contribution >= 0.6 is 11.8 Å². The van der Waals surface area contributed by atoms with Crippen molar-refractivity contribution in [3.63, 3.8) is 0 Å². The standard InChI is InChI=1S/C27H22N2O7S/c30-21(13-16-5-2-1-3-6-16)28-23-25(32)29-24(27(33)34)18(15-37-26(23)29)7-4-12-35-19-10-8-17-9-11-22(31)36-20(17)14-19/h1-11,14,23,26H,12-13,15H2,(H,28,30)(H,33,34)/b7-4+/t23-,26-/m1/s1. The summed E-state index contributed by atoms with van der Waals surface area (Å²) < 4.78 is 10.8. The number of carboxylic acid groups (broad SMARTS) is 1. The van der Waals surface area contributed by atoms with Gasteiger partial charge in [0.15, 0.2) is 0 Å². The van der Waals surface area contributed by atoms with E-state index in [9.17, 15) is 24.3 Å². The first-order valence-corrected chi connectivity index (χ1v) is 12.5. The van der Waals surface area contributed by atoms with Crippen molar-refractivity contribution >= 4 is 40.5 Å². The number of β-lactam (4-membered cyclic amide) rings is 1. The van der Waals surface area contributed by atoms with Gasteiger partial charge >= 0.3 is 11.6 Å². The molecule has 9 nitrogen and oxygen atoms in total. The molecule has 188 valence electrons. The van der Waals surface area contributed by atoms with Crippen LogP contribution in [0.1, 0.15) is 5.56 Å². The summed E-state index contributed by atoms with van der Waals surface area (Å²) in [5.74, 6) is -1.10. The predicted octanol–water partition coefficient (Wildman–Crippen LogP) is 2.71. The molecular formula is C27H22N2O7S. The van der Waals surface area contributed by atoms with Crippen LogP contribution in [0.2, 0.25) is 0 Å². The SMILES string of the molecule is O=C(Cc1ccccc1)N[C@@H]1C(=O)N2C(C(=O)O)=C(/C=C/COc3ccc4ccc(=O)oc4c3)CS[C@H]12. The summed E-state index contributed by atoms with van der Waals surface area (Å²) in [6.07, 6.45) is 3.43. The Bertz CT molecular complexity index is 1500. The maximum atomic E-state index is 12.8. The van der Waals surface area contributed by atoms with Crippen molar-refractivity contribution in [3.8, 4) is 5.75 Å². The van der Waals surface area contributed by atoms with Crippen molar-refractivity contribution in [1.82, 2.24) is 10.2 Å². The molecule has 0 unspecified atom stereocenters. The van der Waals surface area contributed by atoms with E-state index in [1.165, 1.54) is 22.7 Å². The Balaban J connectivity index is 1.23. The molecule has 3 aromatic rings. The van der Waals surface area contributed by atoms with Crippen LogP contribution in [0.15, 0.2) is 93.3 Å². The Morgan fingerprint density at radius 2 is 1.92 bits per heavy atom. The number of allylic oxidation sites excluding steroid dienone is 1. The molecule has 5 rings (SSSR count). The van der Waals surface area contributed by atoms with Crippen LogP contribution in [0.25, 0.3) is 11.0 Å². The fraction of sp³-hybridized carbons (Fsp3) is 0.185. The van der Waals surface area contributed by atoms with Gasteiger partial charge in [-0.25, -0.2) is 9.59 Å². The third kappa shape index (κ3) is 5.14. The molecule has 2 aliphatic rings. The highest BCUT2D eigenvalue weighted by Crippen LogP contribution is 2.40. The van der Waals surface area contributed by atoms with Crippen LogP contribution in [0.5, 0.6) is 5.75 Å². The van der Waals surface area contributed by atoms with E-state index >= 15 is 0 Å².